The molecule has 1 aromatic carbocycles. The summed E-state index contributed by atoms with van der Waals surface area (Å²) in [6.45, 7) is 4.09. The number of benzene rings is 1. The van der Waals surface area contributed by atoms with E-state index in [0.29, 0.717) is 36.0 Å². The number of hydrogen-bond donors (Lipinski definition) is 2. The normalized spacial score (nSPS) is 13.3. The Morgan fingerprint density at radius 1 is 1.21 bits per heavy atom. The highest BCUT2D eigenvalue weighted by atomic mass is 32.1. The molecular formula is C24H28N4O4S. The molecule has 1 aliphatic rings. The van der Waals surface area contributed by atoms with Crippen molar-refractivity contribution in [2.24, 2.45) is 10.2 Å². The van der Waals surface area contributed by atoms with Gasteiger partial charge in [0.2, 0.25) is 5.91 Å². The average molecular weight is 469 g/mol. The number of H-pyrrole nitrogens is 1. The molecule has 9 heteroatoms. The van der Waals surface area contributed by atoms with E-state index < -0.39 is 0 Å². The molecule has 1 aliphatic carbocycles. The minimum Gasteiger partial charge on any atom is -0.497 e. The first-order chi connectivity index (χ1) is 16.0. The second-order valence-electron chi connectivity index (χ2n) is 7.91. The van der Waals surface area contributed by atoms with Crippen LogP contribution in [-0.4, -0.2) is 37.1 Å². The van der Waals surface area contributed by atoms with Crippen LogP contribution >= 0.6 is 11.3 Å². The molecule has 2 aromatic heterocycles. The van der Waals surface area contributed by atoms with Gasteiger partial charge in [-0.15, -0.1) is 21.6 Å². The topological polar surface area (TPSA) is 105 Å². The minimum atomic E-state index is -0.335. The first-order valence-electron chi connectivity index (χ1n) is 11.2. The molecule has 0 radical (unpaired) electrons. The average Bonchev–Trinajstić information content (AvgIpc) is 3.35. The van der Waals surface area contributed by atoms with Crippen molar-refractivity contribution in [2.75, 3.05) is 20.3 Å². The van der Waals surface area contributed by atoms with Crippen LogP contribution in [0.25, 0.3) is 10.9 Å². The van der Waals surface area contributed by atoms with Crippen molar-refractivity contribution in [2.45, 2.75) is 46.0 Å². The van der Waals surface area contributed by atoms with E-state index in [9.17, 15) is 9.59 Å². The van der Waals surface area contributed by atoms with E-state index >= 15 is 0 Å². The zero-order valence-corrected chi connectivity index (χ0v) is 19.9. The molecule has 2 N–H and O–H groups in total. The number of aromatic nitrogens is 1. The zero-order chi connectivity index (χ0) is 23.4. The number of aromatic amines is 1. The van der Waals surface area contributed by atoms with Crippen LogP contribution in [0.3, 0.4) is 0 Å². The summed E-state index contributed by atoms with van der Waals surface area (Å²) in [6.07, 6.45) is 4.57. The van der Waals surface area contributed by atoms with Crippen LogP contribution in [0.1, 0.15) is 53.1 Å². The second kappa shape index (κ2) is 10.2. The maximum atomic E-state index is 12.7. The molecule has 0 saturated heterocycles. The summed E-state index contributed by atoms with van der Waals surface area (Å²) in [5, 5.41) is 13.4. The van der Waals surface area contributed by atoms with E-state index in [2.05, 4.69) is 20.5 Å². The zero-order valence-electron chi connectivity index (χ0n) is 19.1. The summed E-state index contributed by atoms with van der Waals surface area (Å²) in [5.41, 5.74) is 3.45. The predicted molar refractivity (Wildman–Crippen MR) is 128 cm³/mol. The lowest BCUT2D eigenvalue weighted by Crippen LogP contribution is -2.22. The monoisotopic (exact) mass is 468 g/mol. The van der Waals surface area contributed by atoms with Gasteiger partial charge in [-0.05, 0) is 62.8 Å². The number of amides is 1. The van der Waals surface area contributed by atoms with Gasteiger partial charge in [-0.3, -0.25) is 4.79 Å². The van der Waals surface area contributed by atoms with Crippen LogP contribution in [0, 0.1) is 0 Å². The van der Waals surface area contributed by atoms with Crippen molar-refractivity contribution in [3.05, 3.63) is 39.8 Å². The number of esters is 1. The molecule has 0 aliphatic heterocycles. The number of hydrogen-bond acceptors (Lipinski definition) is 7. The fourth-order valence-corrected chi connectivity index (χ4v) is 5.37. The number of azo groups is 1. The highest BCUT2D eigenvalue weighted by Crippen LogP contribution is 2.41. The molecule has 1 amide bonds. The van der Waals surface area contributed by atoms with Gasteiger partial charge in [0.25, 0.3) is 0 Å². The molecule has 0 unspecified atom stereocenters. The third kappa shape index (κ3) is 4.93. The summed E-state index contributed by atoms with van der Waals surface area (Å²) in [6, 6.07) is 5.76. The highest BCUT2D eigenvalue weighted by molar-refractivity contribution is 7.16. The van der Waals surface area contributed by atoms with Gasteiger partial charge in [0.05, 0.1) is 13.7 Å². The number of rotatable bonds is 8. The van der Waals surface area contributed by atoms with Crippen LogP contribution in [0.5, 0.6) is 5.75 Å². The minimum absolute atomic E-state index is 0.0844. The molecule has 4 rings (SSSR count). The Bertz CT molecular complexity index is 1210. The van der Waals surface area contributed by atoms with Crippen molar-refractivity contribution in [1.29, 1.82) is 0 Å². The second-order valence-corrected chi connectivity index (χ2v) is 8.99. The fourth-order valence-electron chi connectivity index (χ4n) is 4.17. The Morgan fingerprint density at radius 2 is 2.03 bits per heavy atom. The fraction of sp³-hybridized carbons (Fsp3) is 0.417. The Hall–Kier alpha value is -3.20. The van der Waals surface area contributed by atoms with E-state index in [1.807, 2.05) is 18.2 Å². The molecule has 0 saturated carbocycles. The number of aryl methyl sites for hydroxylation is 1. The van der Waals surface area contributed by atoms with Crippen molar-refractivity contribution in [3.8, 4) is 5.75 Å². The van der Waals surface area contributed by atoms with E-state index in [-0.39, 0.29) is 11.9 Å². The van der Waals surface area contributed by atoms with E-state index in [0.717, 1.165) is 53.5 Å². The standard InChI is InChI=1S/C24H28N4O4S/c1-4-32-24(30)21-17-7-5-6-8-20(17)33-23(21)28-27-22-16(11-12-25-14(2)29)18-13-15(31-3)9-10-19(18)26-22/h9-10,13,26H,4-8,11-12H2,1-3H3,(H,25,29)/b28-27-. The van der Waals surface area contributed by atoms with Gasteiger partial charge in [-0.2, -0.15) is 0 Å². The van der Waals surface area contributed by atoms with Crippen molar-refractivity contribution in [3.63, 3.8) is 0 Å². The van der Waals surface area contributed by atoms with E-state index in [1.165, 1.54) is 23.1 Å². The van der Waals surface area contributed by atoms with Gasteiger partial charge in [-0.25, -0.2) is 4.79 Å². The number of nitrogens with one attached hydrogen (secondary N) is 2. The maximum absolute atomic E-state index is 12.7. The third-order valence-corrected chi connectivity index (χ3v) is 6.89. The lowest BCUT2D eigenvalue weighted by Gasteiger charge is -2.11. The van der Waals surface area contributed by atoms with Gasteiger partial charge in [0.15, 0.2) is 10.8 Å². The quantitative estimate of drug-likeness (QED) is 0.342. The van der Waals surface area contributed by atoms with Gasteiger partial charge in [0, 0.05) is 34.8 Å². The first kappa shape index (κ1) is 23.0. The van der Waals surface area contributed by atoms with Crippen molar-refractivity contribution >= 4 is 44.9 Å². The Labute approximate surface area is 196 Å². The number of nitrogens with zero attached hydrogens (tertiary/aromatic N) is 2. The van der Waals surface area contributed by atoms with Crippen LogP contribution < -0.4 is 10.1 Å². The summed E-state index contributed by atoms with van der Waals surface area (Å²) in [4.78, 5) is 28.6. The van der Waals surface area contributed by atoms with Gasteiger partial charge in [0.1, 0.15) is 11.3 Å². The predicted octanol–water partition coefficient (Wildman–Crippen LogP) is 5.39. The van der Waals surface area contributed by atoms with Gasteiger partial charge >= 0.3 is 5.97 Å². The molecule has 33 heavy (non-hydrogen) atoms. The molecular weight excluding hydrogens is 440 g/mol. The number of carbonyl (C=O) groups is 2. The van der Waals surface area contributed by atoms with E-state index in [1.54, 1.807) is 14.0 Å². The smallest absolute Gasteiger partial charge is 0.341 e. The molecule has 8 nitrogen and oxygen atoms in total. The number of thiophene rings is 1. The van der Waals surface area contributed by atoms with Crippen LogP contribution in [0.15, 0.2) is 28.4 Å². The molecule has 174 valence electrons. The van der Waals surface area contributed by atoms with Crippen LogP contribution in [0.2, 0.25) is 0 Å². The van der Waals surface area contributed by atoms with Crippen molar-refractivity contribution in [1.82, 2.24) is 10.3 Å². The SMILES string of the molecule is CCOC(=O)c1c(/N=N\c2[nH]c3ccc(OC)cc3c2CCNC(C)=O)sc2c1CCCC2. The highest BCUT2D eigenvalue weighted by Gasteiger charge is 2.26. The molecule has 0 fully saturated rings. The van der Waals surface area contributed by atoms with Crippen LogP contribution in [-0.2, 0) is 28.8 Å². The summed E-state index contributed by atoms with van der Waals surface area (Å²) in [5.74, 6) is 0.919. The van der Waals surface area contributed by atoms with Gasteiger partial charge < -0.3 is 19.8 Å². The first-order valence-corrected chi connectivity index (χ1v) is 12.0. The molecule has 0 atom stereocenters. The van der Waals surface area contributed by atoms with E-state index in [4.69, 9.17) is 9.47 Å². The molecule has 3 aromatic rings. The number of fused-ring (bicyclic) bond motifs is 2. The van der Waals surface area contributed by atoms with Crippen LogP contribution in [0.4, 0.5) is 10.8 Å². The Kier molecular flexibility index (Phi) is 7.08. The summed E-state index contributed by atoms with van der Waals surface area (Å²) in [7, 11) is 1.63. The lowest BCUT2D eigenvalue weighted by atomic mass is 9.95. The molecule has 2 heterocycles. The maximum Gasteiger partial charge on any atom is 0.341 e. The lowest BCUT2D eigenvalue weighted by molar-refractivity contribution is -0.118. The molecule has 0 spiro atoms. The third-order valence-electron chi connectivity index (χ3n) is 5.71. The Morgan fingerprint density at radius 3 is 2.79 bits per heavy atom. The summed E-state index contributed by atoms with van der Waals surface area (Å²) >= 11 is 1.52. The van der Waals surface area contributed by atoms with Crippen molar-refractivity contribution < 1.29 is 19.1 Å². The summed E-state index contributed by atoms with van der Waals surface area (Å²) < 4.78 is 10.7. The van der Waals surface area contributed by atoms with Gasteiger partial charge in [-0.1, -0.05) is 0 Å². The number of carbonyl (C=O) groups excluding carboxylic acids is 2. The number of methoxy groups -OCH3 is 1. The Balaban J connectivity index is 1.74. The number of ether oxygens (including phenoxy) is 2. The molecule has 0 bridgehead atoms. The largest absolute Gasteiger partial charge is 0.497 e.